The highest BCUT2D eigenvalue weighted by Gasteiger charge is 2.04. The smallest absolute Gasteiger partial charge is 0.122 e. The van der Waals surface area contributed by atoms with E-state index in [1.807, 2.05) is 0 Å². The molecule has 0 aromatic heterocycles. The van der Waals surface area contributed by atoms with Crippen molar-refractivity contribution in [2.45, 2.75) is 33.1 Å². The molecule has 0 saturated carbocycles. The largest absolute Gasteiger partial charge is 0.493 e. The van der Waals surface area contributed by atoms with E-state index in [1.54, 1.807) is 0 Å². The lowest BCUT2D eigenvalue weighted by molar-refractivity contribution is 0.311. The van der Waals surface area contributed by atoms with E-state index < -0.39 is 0 Å². The quantitative estimate of drug-likeness (QED) is 0.753. The van der Waals surface area contributed by atoms with E-state index in [4.69, 9.17) is 10.5 Å². The zero-order valence-electron chi connectivity index (χ0n) is 9.92. The molecule has 2 heteroatoms. The van der Waals surface area contributed by atoms with Gasteiger partial charge in [-0.1, -0.05) is 26.0 Å². The first-order valence-electron chi connectivity index (χ1n) is 5.58. The molecule has 0 aliphatic heterocycles. The highest BCUT2D eigenvalue weighted by atomic mass is 16.5. The molecule has 0 fully saturated rings. The van der Waals surface area contributed by atoms with E-state index in [0.29, 0.717) is 19.1 Å². The summed E-state index contributed by atoms with van der Waals surface area (Å²) < 4.78 is 5.69. The summed E-state index contributed by atoms with van der Waals surface area (Å²) >= 11 is 0. The molecule has 0 radical (unpaired) electrons. The van der Waals surface area contributed by atoms with Gasteiger partial charge in [0.15, 0.2) is 0 Å². The second kappa shape index (κ2) is 5.76. The number of rotatable bonds is 5. The summed E-state index contributed by atoms with van der Waals surface area (Å²) in [5.74, 6) is 1.54. The van der Waals surface area contributed by atoms with E-state index in [-0.39, 0.29) is 0 Å². The SMILES string of the molecule is Cc1ccc(C(C)C)cc1OCCCN. The lowest BCUT2D eigenvalue weighted by Gasteiger charge is -2.12. The van der Waals surface area contributed by atoms with Gasteiger partial charge in [0.1, 0.15) is 5.75 Å². The number of hydrogen-bond acceptors (Lipinski definition) is 2. The maximum Gasteiger partial charge on any atom is 0.122 e. The number of nitrogens with two attached hydrogens (primary N) is 1. The van der Waals surface area contributed by atoms with Gasteiger partial charge in [0.05, 0.1) is 6.61 Å². The van der Waals surface area contributed by atoms with Crippen LogP contribution in [0, 0.1) is 6.92 Å². The molecule has 1 aromatic carbocycles. The van der Waals surface area contributed by atoms with Crippen LogP contribution in [0.25, 0.3) is 0 Å². The number of ether oxygens (including phenoxy) is 1. The number of aryl methyl sites for hydroxylation is 1. The number of benzene rings is 1. The van der Waals surface area contributed by atoms with Gasteiger partial charge in [0.25, 0.3) is 0 Å². The monoisotopic (exact) mass is 207 g/mol. The first-order valence-corrected chi connectivity index (χ1v) is 5.58. The maximum absolute atomic E-state index is 5.69. The predicted molar refractivity (Wildman–Crippen MR) is 64.4 cm³/mol. The van der Waals surface area contributed by atoms with E-state index in [2.05, 4.69) is 39.0 Å². The van der Waals surface area contributed by atoms with Crippen LogP contribution in [0.5, 0.6) is 5.75 Å². The fraction of sp³-hybridized carbons (Fsp3) is 0.538. The summed E-state index contributed by atoms with van der Waals surface area (Å²) in [5.41, 5.74) is 7.94. The van der Waals surface area contributed by atoms with Crippen LogP contribution >= 0.6 is 0 Å². The second-order valence-corrected chi connectivity index (χ2v) is 4.17. The Morgan fingerprint density at radius 2 is 2.07 bits per heavy atom. The van der Waals surface area contributed by atoms with E-state index in [9.17, 15) is 0 Å². The van der Waals surface area contributed by atoms with Crippen LogP contribution < -0.4 is 10.5 Å². The predicted octanol–water partition coefficient (Wildman–Crippen LogP) is 2.85. The molecule has 1 rings (SSSR count). The molecule has 0 unspecified atom stereocenters. The Labute approximate surface area is 92.4 Å². The average Bonchev–Trinajstić information content (AvgIpc) is 2.20. The fourth-order valence-electron chi connectivity index (χ4n) is 1.40. The Morgan fingerprint density at radius 3 is 2.67 bits per heavy atom. The summed E-state index contributed by atoms with van der Waals surface area (Å²) in [6.45, 7) is 7.84. The van der Waals surface area contributed by atoms with Gasteiger partial charge in [0.2, 0.25) is 0 Å². The van der Waals surface area contributed by atoms with Crippen molar-refractivity contribution in [2.24, 2.45) is 5.73 Å². The van der Waals surface area contributed by atoms with Crippen molar-refractivity contribution in [3.63, 3.8) is 0 Å². The fourth-order valence-corrected chi connectivity index (χ4v) is 1.40. The van der Waals surface area contributed by atoms with Crippen molar-refractivity contribution in [3.8, 4) is 5.75 Å². The van der Waals surface area contributed by atoms with Gasteiger partial charge in [-0.05, 0) is 43.0 Å². The Balaban J connectivity index is 2.72. The molecule has 2 N–H and O–H groups in total. The minimum absolute atomic E-state index is 0.544. The van der Waals surface area contributed by atoms with E-state index in [0.717, 1.165) is 12.2 Å². The van der Waals surface area contributed by atoms with Gasteiger partial charge < -0.3 is 10.5 Å². The van der Waals surface area contributed by atoms with Gasteiger partial charge in [-0.2, -0.15) is 0 Å². The lowest BCUT2D eigenvalue weighted by Crippen LogP contribution is -2.07. The molecule has 0 heterocycles. The Hall–Kier alpha value is -1.02. The van der Waals surface area contributed by atoms with Gasteiger partial charge >= 0.3 is 0 Å². The summed E-state index contributed by atoms with van der Waals surface area (Å²) in [7, 11) is 0. The van der Waals surface area contributed by atoms with Gasteiger partial charge in [-0.25, -0.2) is 0 Å². The van der Waals surface area contributed by atoms with Crippen LogP contribution in [0.2, 0.25) is 0 Å². The molecule has 15 heavy (non-hydrogen) atoms. The average molecular weight is 207 g/mol. The third-order valence-corrected chi connectivity index (χ3v) is 2.48. The molecule has 0 aliphatic rings. The van der Waals surface area contributed by atoms with Crippen LogP contribution in [0.4, 0.5) is 0 Å². The Bertz CT molecular complexity index is 307. The Morgan fingerprint density at radius 1 is 1.33 bits per heavy atom. The highest BCUT2D eigenvalue weighted by molar-refractivity contribution is 5.37. The molecule has 84 valence electrons. The Kier molecular flexibility index (Phi) is 4.63. The van der Waals surface area contributed by atoms with Gasteiger partial charge in [-0.3, -0.25) is 0 Å². The molecule has 0 aliphatic carbocycles. The zero-order chi connectivity index (χ0) is 11.3. The molecule has 0 atom stereocenters. The van der Waals surface area contributed by atoms with Crippen molar-refractivity contribution in [3.05, 3.63) is 29.3 Å². The minimum atomic E-state index is 0.544. The van der Waals surface area contributed by atoms with Crippen LogP contribution in [0.15, 0.2) is 18.2 Å². The summed E-state index contributed by atoms with van der Waals surface area (Å²) in [6, 6.07) is 6.42. The van der Waals surface area contributed by atoms with Crippen molar-refractivity contribution in [1.82, 2.24) is 0 Å². The van der Waals surface area contributed by atoms with Crippen molar-refractivity contribution < 1.29 is 4.74 Å². The van der Waals surface area contributed by atoms with Crippen LogP contribution in [0.1, 0.15) is 37.3 Å². The molecule has 0 spiro atoms. The topological polar surface area (TPSA) is 35.2 Å². The van der Waals surface area contributed by atoms with Gasteiger partial charge in [-0.15, -0.1) is 0 Å². The molecular weight excluding hydrogens is 186 g/mol. The van der Waals surface area contributed by atoms with Crippen LogP contribution in [-0.2, 0) is 0 Å². The standard InChI is InChI=1S/C13H21NO/c1-10(2)12-6-5-11(3)13(9-12)15-8-4-7-14/h5-6,9-10H,4,7-8,14H2,1-3H3. The molecule has 0 amide bonds. The third-order valence-electron chi connectivity index (χ3n) is 2.48. The first kappa shape index (κ1) is 12.1. The summed E-state index contributed by atoms with van der Waals surface area (Å²) in [5, 5.41) is 0. The highest BCUT2D eigenvalue weighted by Crippen LogP contribution is 2.24. The summed E-state index contributed by atoms with van der Waals surface area (Å²) in [4.78, 5) is 0. The minimum Gasteiger partial charge on any atom is -0.493 e. The van der Waals surface area contributed by atoms with Crippen LogP contribution in [-0.4, -0.2) is 13.2 Å². The van der Waals surface area contributed by atoms with E-state index in [1.165, 1.54) is 11.1 Å². The van der Waals surface area contributed by atoms with Crippen molar-refractivity contribution in [1.29, 1.82) is 0 Å². The van der Waals surface area contributed by atoms with Crippen LogP contribution in [0.3, 0.4) is 0 Å². The lowest BCUT2D eigenvalue weighted by atomic mass is 10.0. The normalized spacial score (nSPS) is 10.7. The zero-order valence-corrected chi connectivity index (χ0v) is 9.92. The third kappa shape index (κ3) is 3.56. The second-order valence-electron chi connectivity index (χ2n) is 4.17. The molecule has 0 bridgehead atoms. The molecule has 0 saturated heterocycles. The van der Waals surface area contributed by atoms with Crippen molar-refractivity contribution in [2.75, 3.05) is 13.2 Å². The summed E-state index contributed by atoms with van der Waals surface area (Å²) in [6.07, 6.45) is 0.908. The maximum atomic E-state index is 5.69. The van der Waals surface area contributed by atoms with Crippen molar-refractivity contribution >= 4 is 0 Å². The first-order chi connectivity index (χ1) is 7.15. The number of hydrogen-bond donors (Lipinski definition) is 1. The molecular formula is C13H21NO. The van der Waals surface area contributed by atoms with E-state index >= 15 is 0 Å². The molecule has 2 nitrogen and oxygen atoms in total. The molecule has 1 aromatic rings. The van der Waals surface area contributed by atoms with Gasteiger partial charge in [0, 0.05) is 0 Å².